The lowest BCUT2D eigenvalue weighted by Gasteiger charge is -2.27. The van der Waals surface area contributed by atoms with Gasteiger partial charge in [-0.2, -0.15) is 11.8 Å². The fourth-order valence-electron chi connectivity index (χ4n) is 7.02. The van der Waals surface area contributed by atoms with Gasteiger partial charge >= 0.3 is 5.97 Å². The van der Waals surface area contributed by atoms with Crippen LogP contribution < -0.4 is 70.4 Å². The summed E-state index contributed by atoms with van der Waals surface area (Å²) in [6.45, 7) is -0.0711. The molecule has 0 unspecified atom stereocenters. The summed E-state index contributed by atoms with van der Waals surface area (Å²) in [6, 6.07) is 1.38. The predicted molar refractivity (Wildman–Crippen MR) is 299 cm³/mol. The molecule has 1 heterocycles. The van der Waals surface area contributed by atoms with Gasteiger partial charge in [0, 0.05) is 31.0 Å². The Hall–Kier alpha value is -5.88. The molecule has 0 aliphatic carbocycles. The first-order valence-electron chi connectivity index (χ1n) is 25.9. The molecule has 7 atom stereocenters. The number of aliphatic hydroxyl groups is 1. The van der Waals surface area contributed by atoms with E-state index in [9.17, 15) is 63.0 Å². The molecule has 2 rings (SSSR count). The van der Waals surface area contributed by atoms with E-state index in [1.165, 1.54) is 11.8 Å². The maximum absolute atomic E-state index is 14.4. The molecule has 1 aliphatic rings. The molecule has 1 aromatic rings. The van der Waals surface area contributed by atoms with Crippen LogP contribution in [0.1, 0.15) is 44.1 Å². The van der Waals surface area contributed by atoms with Crippen molar-refractivity contribution in [2.75, 3.05) is 110 Å². The van der Waals surface area contributed by atoms with Crippen molar-refractivity contribution in [3.8, 4) is 0 Å². The lowest BCUT2D eigenvalue weighted by Crippen LogP contribution is -2.59. The summed E-state index contributed by atoms with van der Waals surface area (Å²) in [7, 11) is 1.53. The van der Waals surface area contributed by atoms with Gasteiger partial charge < -0.3 is 94.2 Å². The zero-order chi connectivity index (χ0) is 59.8. The molecule has 1 saturated heterocycles. The van der Waals surface area contributed by atoms with E-state index in [1.54, 1.807) is 36.6 Å². The lowest BCUT2D eigenvalue weighted by atomic mass is 10.0. The fraction of sp³-hybridized carbons (Fsp3) is 0.646. The number of nitrogens with one attached hydrogen (secondary N) is 10. The van der Waals surface area contributed by atoms with Crippen molar-refractivity contribution < 1.29 is 81.9 Å². The number of carboxylic acids is 1. The second-order valence-electron chi connectivity index (χ2n) is 17.7. The second-order valence-corrected chi connectivity index (χ2v) is 21.1. The largest absolute Gasteiger partial charge is 0.481 e. The first-order valence-corrected chi connectivity index (χ1v) is 29.7. The number of nitrogens with two attached hydrogens (primary N) is 3. The predicted octanol–water partition coefficient (Wildman–Crippen LogP) is -6.00. The minimum atomic E-state index is -1.78. The summed E-state index contributed by atoms with van der Waals surface area (Å²) < 4.78 is 21.1. The second kappa shape index (κ2) is 42.9. The van der Waals surface area contributed by atoms with E-state index in [-0.39, 0.29) is 104 Å². The molecule has 33 heteroatoms. The highest BCUT2D eigenvalue weighted by Crippen LogP contribution is 2.27. The number of rotatable bonds is 38. The molecule has 0 aromatic heterocycles. The molecule has 0 spiro atoms. The van der Waals surface area contributed by atoms with Gasteiger partial charge in [0.05, 0.1) is 65.2 Å². The van der Waals surface area contributed by atoms with E-state index in [0.717, 1.165) is 21.6 Å². The topological polar surface area (TPSA) is 464 Å². The summed E-state index contributed by atoms with van der Waals surface area (Å²) in [5.41, 5.74) is 16.9. The first-order chi connectivity index (χ1) is 38.9. The summed E-state index contributed by atoms with van der Waals surface area (Å²) in [5.74, 6) is -9.76. The number of amides is 10. The highest BCUT2D eigenvalue weighted by molar-refractivity contribution is 8.77. The van der Waals surface area contributed by atoms with Crippen LogP contribution in [0.3, 0.4) is 0 Å². The number of carboxylic acid groups (broad SMARTS) is 1. The fourth-order valence-corrected chi connectivity index (χ4v) is 9.80. The Morgan fingerprint density at radius 1 is 0.753 bits per heavy atom. The van der Waals surface area contributed by atoms with E-state index in [0.29, 0.717) is 24.9 Å². The third kappa shape index (κ3) is 33.0. The lowest BCUT2D eigenvalue weighted by molar-refractivity contribution is -0.141. The zero-order valence-corrected chi connectivity index (χ0v) is 47.6. The van der Waals surface area contributed by atoms with Gasteiger partial charge in [-0.05, 0) is 50.6 Å². The number of unbranched alkanes of at least 4 members (excludes halogenated alkanes) is 1. The molecular weight excluding hydrogens is 1130 g/mol. The van der Waals surface area contributed by atoms with Gasteiger partial charge in [-0.15, -0.1) is 0 Å². The molecule has 10 amide bonds. The molecule has 456 valence electrons. The Bertz CT molecular complexity index is 2150. The summed E-state index contributed by atoms with van der Waals surface area (Å²) in [4.78, 5) is 144. The van der Waals surface area contributed by atoms with E-state index >= 15 is 0 Å². The van der Waals surface area contributed by atoms with Crippen molar-refractivity contribution in [1.82, 2.24) is 53.2 Å². The number of hydrogen-bond acceptors (Lipinski definition) is 22. The van der Waals surface area contributed by atoms with Gasteiger partial charge in [-0.25, -0.2) is 0 Å². The van der Waals surface area contributed by atoms with Gasteiger partial charge in [0.25, 0.3) is 5.91 Å². The van der Waals surface area contributed by atoms with Crippen molar-refractivity contribution in [2.24, 2.45) is 17.2 Å². The van der Waals surface area contributed by atoms with Gasteiger partial charge in [0.15, 0.2) is 5.37 Å². The molecule has 1 fully saturated rings. The van der Waals surface area contributed by atoms with Crippen LogP contribution in [0.25, 0.3) is 0 Å². The van der Waals surface area contributed by atoms with Crippen molar-refractivity contribution >= 4 is 98.4 Å². The van der Waals surface area contributed by atoms with Crippen molar-refractivity contribution in [3.63, 3.8) is 0 Å². The normalized spacial score (nSPS) is 18.3. The van der Waals surface area contributed by atoms with Crippen molar-refractivity contribution in [3.05, 3.63) is 35.9 Å². The number of benzene rings is 1. The van der Waals surface area contributed by atoms with Crippen LogP contribution in [0.2, 0.25) is 0 Å². The van der Waals surface area contributed by atoms with Crippen LogP contribution in [-0.4, -0.2) is 227 Å². The van der Waals surface area contributed by atoms with Crippen molar-refractivity contribution in [1.29, 1.82) is 0 Å². The molecule has 0 saturated carbocycles. The monoisotopic (exact) mass is 1210 g/mol. The molecule has 0 bridgehead atoms. The molecule has 1 aliphatic heterocycles. The number of carbonyl (C=O) groups is 11. The van der Waals surface area contributed by atoms with E-state index in [1.807, 2.05) is 0 Å². The Kier molecular flexibility index (Phi) is 37.7. The maximum Gasteiger partial charge on any atom is 0.305 e. The van der Waals surface area contributed by atoms with Crippen LogP contribution >= 0.6 is 33.3 Å². The highest BCUT2D eigenvalue weighted by atomic mass is 33.1. The maximum atomic E-state index is 14.4. The van der Waals surface area contributed by atoms with E-state index in [2.05, 4.69) is 53.2 Å². The number of carbonyl (C=O) groups excluding carboxylic acids is 10. The van der Waals surface area contributed by atoms with Gasteiger partial charge in [0.1, 0.15) is 43.6 Å². The third-order valence-corrected chi connectivity index (χ3v) is 14.2. The molecule has 18 N–H and O–H groups in total. The molecule has 0 radical (unpaired) electrons. The standard InChI is InChI=1S/C48H79N13O17S3/c1-79-29-40(66)56-32(10-5-6-12-49)44(71)61-48-47(74)58-31(11-7-13-50)42(69)55-25-38(64)57-34(23-41(67)68)45(72)60-35(28-80-81-48)46(73)59-33(22-30-8-3-2-4-9-30)43(70)54-24-37(63)52-14-16-75-18-20-77-21-19-76-17-15-53-39(65)27-78-26-36(51)62/h2-4,8-9,31-35,40,48,56,66H,5-7,10-29,49-50H2,1H3,(H2,51,62)(H,52,63)(H,53,65)(H,54,70)(H,55,69)(H,57,64)(H,58,74)(H,59,73)(H,60,72)(H,61,71)(H,67,68)/t31-,32-,33-,34-,35-,40-,48-/m0/s1. The molecular formula is C48H79N13O17S3. The summed E-state index contributed by atoms with van der Waals surface area (Å²) >= 11 is 1.32. The van der Waals surface area contributed by atoms with Crippen LogP contribution in [0.5, 0.6) is 0 Å². The Balaban J connectivity index is 2.23. The molecule has 1 aromatic carbocycles. The van der Waals surface area contributed by atoms with Crippen LogP contribution in [0, 0.1) is 0 Å². The summed E-state index contributed by atoms with van der Waals surface area (Å²) in [6.07, 6.45) is 1.02. The number of primary amides is 1. The number of thioether (sulfide) groups is 1. The first kappa shape index (κ1) is 71.2. The SMILES string of the molecule is CSC[C@H](O)N[C@@H](CCCCN)C(=O)N[C@H]1SSC[C@@H](C(=O)N[C@@H](Cc2ccccc2)C(=O)NCC(=O)NCCOCCOCCOCCNC(=O)COCC(N)=O)NC(=O)[C@H](CC(=O)O)NC(=O)CNC(=O)[C@H](CCCN)NC1=O. The highest BCUT2D eigenvalue weighted by Gasteiger charge is 2.35. The van der Waals surface area contributed by atoms with Crippen LogP contribution in [0.4, 0.5) is 0 Å². The van der Waals surface area contributed by atoms with Crippen LogP contribution in [0.15, 0.2) is 30.3 Å². The zero-order valence-electron chi connectivity index (χ0n) is 45.2. The van der Waals surface area contributed by atoms with Gasteiger partial charge in [0.2, 0.25) is 53.2 Å². The van der Waals surface area contributed by atoms with E-state index in [4.69, 9.17) is 36.1 Å². The third-order valence-electron chi connectivity index (χ3n) is 11.0. The van der Waals surface area contributed by atoms with Gasteiger partial charge in [-0.3, -0.25) is 58.1 Å². The Morgan fingerprint density at radius 2 is 1.41 bits per heavy atom. The van der Waals surface area contributed by atoms with E-state index < -0.39 is 132 Å². The minimum absolute atomic E-state index is 0.00663. The van der Waals surface area contributed by atoms with Crippen LogP contribution in [-0.2, 0) is 78.1 Å². The molecule has 81 heavy (non-hydrogen) atoms. The average Bonchev–Trinajstić information content (AvgIpc) is 3.44. The van der Waals surface area contributed by atoms with Crippen molar-refractivity contribution in [2.45, 2.75) is 86.8 Å². The average molecular weight is 1210 g/mol. The Morgan fingerprint density at radius 3 is 2.04 bits per heavy atom. The quantitative estimate of drug-likeness (QED) is 0.0166. The summed E-state index contributed by atoms with van der Waals surface area (Å²) in [5, 5.41) is 44.2. The smallest absolute Gasteiger partial charge is 0.305 e. The van der Waals surface area contributed by atoms with Gasteiger partial charge in [-0.1, -0.05) is 58.3 Å². The number of aliphatic carboxylic acids is 1. The Labute approximate surface area is 481 Å². The number of hydrogen-bond donors (Lipinski definition) is 15. The number of ether oxygens (including phenoxy) is 4. The molecule has 30 nitrogen and oxygen atoms in total. The minimum Gasteiger partial charge on any atom is -0.481 e. The number of aliphatic hydroxyl groups excluding tert-OH is 1.